The third-order valence-electron chi connectivity index (χ3n) is 3.08. The number of rotatable bonds is 7. The first kappa shape index (κ1) is 13.9. The Hall–Kier alpha value is -0.0800. The monoisotopic (exact) mass is 202 g/mol. The maximum Gasteiger partial charge on any atom is 0.159 e. The average molecular weight is 202 g/mol. The van der Waals surface area contributed by atoms with Crippen LogP contribution in [0.1, 0.15) is 47.5 Å². The molecule has 0 fully saturated rings. The molecule has 0 aromatic heterocycles. The van der Waals surface area contributed by atoms with Gasteiger partial charge in [0, 0.05) is 13.0 Å². The standard InChI is InChI=1S/C12H26O2/c1-7-12(5,8-2)9-14-11(13-6)10(3)4/h10-11H,7-9H2,1-6H3. The van der Waals surface area contributed by atoms with Crippen LogP contribution in [0, 0.1) is 11.3 Å². The van der Waals surface area contributed by atoms with Gasteiger partial charge in [-0.05, 0) is 18.3 Å². The fourth-order valence-corrected chi connectivity index (χ4v) is 1.27. The summed E-state index contributed by atoms with van der Waals surface area (Å²) in [5, 5.41) is 0. The van der Waals surface area contributed by atoms with Crippen molar-refractivity contribution < 1.29 is 9.47 Å². The van der Waals surface area contributed by atoms with E-state index in [4.69, 9.17) is 9.47 Å². The van der Waals surface area contributed by atoms with Crippen LogP contribution in [0.25, 0.3) is 0 Å². The first-order valence-corrected chi connectivity index (χ1v) is 5.63. The molecule has 0 N–H and O–H groups in total. The first-order valence-electron chi connectivity index (χ1n) is 5.63. The maximum atomic E-state index is 5.78. The summed E-state index contributed by atoms with van der Waals surface area (Å²) >= 11 is 0. The van der Waals surface area contributed by atoms with Gasteiger partial charge in [-0.25, -0.2) is 0 Å². The highest BCUT2D eigenvalue weighted by Gasteiger charge is 2.23. The van der Waals surface area contributed by atoms with Crippen molar-refractivity contribution in [2.75, 3.05) is 13.7 Å². The quantitative estimate of drug-likeness (QED) is 0.589. The lowest BCUT2D eigenvalue weighted by Crippen LogP contribution is -2.29. The second kappa shape index (κ2) is 6.41. The van der Waals surface area contributed by atoms with E-state index < -0.39 is 0 Å². The van der Waals surface area contributed by atoms with Crippen molar-refractivity contribution >= 4 is 0 Å². The Morgan fingerprint density at radius 2 is 1.64 bits per heavy atom. The van der Waals surface area contributed by atoms with Gasteiger partial charge in [0.25, 0.3) is 0 Å². The Balaban J connectivity index is 4.00. The lowest BCUT2D eigenvalue weighted by atomic mass is 9.86. The van der Waals surface area contributed by atoms with Crippen LogP contribution < -0.4 is 0 Å². The highest BCUT2D eigenvalue weighted by molar-refractivity contribution is 4.70. The molecule has 14 heavy (non-hydrogen) atoms. The van der Waals surface area contributed by atoms with E-state index in [1.807, 2.05) is 0 Å². The van der Waals surface area contributed by atoms with Crippen molar-refractivity contribution in [3.8, 4) is 0 Å². The molecule has 0 aliphatic heterocycles. The van der Waals surface area contributed by atoms with Gasteiger partial charge in [-0.3, -0.25) is 0 Å². The van der Waals surface area contributed by atoms with Crippen LogP contribution >= 0.6 is 0 Å². The van der Waals surface area contributed by atoms with E-state index in [2.05, 4.69) is 34.6 Å². The van der Waals surface area contributed by atoms with E-state index in [-0.39, 0.29) is 6.29 Å². The Kier molecular flexibility index (Phi) is 6.38. The van der Waals surface area contributed by atoms with Gasteiger partial charge >= 0.3 is 0 Å². The van der Waals surface area contributed by atoms with Crippen LogP contribution in [0.4, 0.5) is 0 Å². The zero-order valence-electron chi connectivity index (χ0n) is 10.6. The van der Waals surface area contributed by atoms with Crippen molar-refractivity contribution in [3.05, 3.63) is 0 Å². The second-order valence-electron chi connectivity index (χ2n) is 4.68. The fraction of sp³-hybridized carbons (Fsp3) is 1.00. The minimum absolute atomic E-state index is 0.0626. The normalized spacial score (nSPS) is 14.8. The third-order valence-corrected chi connectivity index (χ3v) is 3.08. The molecule has 0 amide bonds. The lowest BCUT2D eigenvalue weighted by molar-refractivity contribution is -0.166. The van der Waals surface area contributed by atoms with Crippen molar-refractivity contribution in [2.45, 2.75) is 53.8 Å². The molecule has 86 valence electrons. The van der Waals surface area contributed by atoms with Crippen LogP contribution in [-0.2, 0) is 9.47 Å². The van der Waals surface area contributed by atoms with Crippen LogP contribution in [0.5, 0.6) is 0 Å². The van der Waals surface area contributed by atoms with Gasteiger partial charge in [0.1, 0.15) is 0 Å². The van der Waals surface area contributed by atoms with Gasteiger partial charge in [0.2, 0.25) is 0 Å². The molecule has 0 heterocycles. The molecule has 0 radical (unpaired) electrons. The first-order chi connectivity index (χ1) is 6.49. The number of hydrogen-bond acceptors (Lipinski definition) is 2. The van der Waals surface area contributed by atoms with Gasteiger partial charge in [-0.1, -0.05) is 34.6 Å². The molecule has 0 aromatic rings. The third kappa shape index (κ3) is 4.43. The molecular weight excluding hydrogens is 176 g/mol. The Labute approximate surface area is 89.0 Å². The minimum atomic E-state index is -0.0626. The van der Waals surface area contributed by atoms with Gasteiger partial charge in [-0.2, -0.15) is 0 Å². The van der Waals surface area contributed by atoms with E-state index in [0.717, 1.165) is 19.4 Å². The molecule has 0 aliphatic rings. The topological polar surface area (TPSA) is 18.5 Å². The summed E-state index contributed by atoms with van der Waals surface area (Å²) < 4.78 is 11.1. The minimum Gasteiger partial charge on any atom is -0.356 e. The number of hydrogen-bond donors (Lipinski definition) is 0. The summed E-state index contributed by atoms with van der Waals surface area (Å²) in [6.45, 7) is 11.7. The highest BCUT2D eigenvalue weighted by Crippen LogP contribution is 2.26. The SMILES string of the molecule is CCC(C)(CC)COC(OC)C(C)C. The Morgan fingerprint density at radius 3 is 1.93 bits per heavy atom. The summed E-state index contributed by atoms with van der Waals surface area (Å²) in [4.78, 5) is 0. The van der Waals surface area contributed by atoms with Crippen molar-refractivity contribution in [2.24, 2.45) is 11.3 Å². The van der Waals surface area contributed by atoms with Crippen LogP contribution in [-0.4, -0.2) is 20.0 Å². The second-order valence-corrected chi connectivity index (χ2v) is 4.68. The largest absolute Gasteiger partial charge is 0.356 e. The fourth-order valence-electron chi connectivity index (χ4n) is 1.27. The zero-order chi connectivity index (χ0) is 11.2. The molecule has 2 heteroatoms. The van der Waals surface area contributed by atoms with E-state index in [1.165, 1.54) is 0 Å². The zero-order valence-corrected chi connectivity index (χ0v) is 10.6. The summed E-state index contributed by atoms with van der Waals surface area (Å²) in [5.41, 5.74) is 0.297. The smallest absolute Gasteiger partial charge is 0.159 e. The maximum absolute atomic E-state index is 5.78. The van der Waals surface area contributed by atoms with Gasteiger partial charge < -0.3 is 9.47 Å². The number of ether oxygens (including phenoxy) is 2. The molecule has 0 rings (SSSR count). The lowest BCUT2D eigenvalue weighted by Gasteiger charge is -2.29. The molecule has 0 saturated heterocycles. The Bertz CT molecular complexity index is 139. The van der Waals surface area contributed by atoms with E-state index >= 15 is 0 Å². The molecule has 0 aliphatic carbocycles. The predicted molar refractivity (Wildman–Crippen MR) is 60.3 cm³/mol. The average Bonchev–Trinajstić information content (AvgIpc) is 2.18. The van der Waals surface area contributed by atoms with Gasteiger partial charge in [-0.15, -0.1) is 0 Å². The van der Waals surface area contributed by atoms with Crippen molar-refractivity contribution in [1.29, 1.82) is 0 Å². The predicted octanol–water partition coefficient (Wildman–Crippen LogP) is 3.46. The van der Waals surface area contributed by atoms with Crippen molar-refractivity contribution in [1.82, 2.24) is 0 Å². The molecule has 0 saturated carbocycles. The van der Waals surface area contributed by atoms with Crippen LogP contribution in [0.3, 0.4) is 0 Å². The Morgan fingerprint density at radius 1 is 1.14 bits per heavy atom. The van der Waals surface area contributed by atoms with Gasteiger partial charge in [0.05, 0.1) is 6.61 Å². The summed E-state index contributed by atoms with van der Waals surface area (Å²) in [5.74, 6) is 0.415. The molecule has 2 nitrogen and oxygen atoms in total. The molecule has 0 spiro atoms. The summed E-state index contributed by atoms with van der Waals surface area (Å²) in [6.07, 6.45) is 2.24. The molecule has 1 unspecified atom stereocenters. The molecule has 1 atom stereocenters. The highest BCUT2D eigenvalue weighted by atomic mass is 16.7. The molecule has 0 bridgehead atoms. The molecular formula is C12H26O2. The molecule has 0 aromatic carbocycles. The van der Waals surface area contributed by atoms with Crippen molar-refractivity contribution in [3.63, 3.8) is 0 Å². The van der Waals surface area contributed by atoms with Crippen LogP contribution in [0.15, 0.2) is 0 Å². The van der Waals surface area contributed by atoms with E-state index in [0.29, 0.717) is 11.3 Å². The van der Waals surface area contributed by atoms with Gasteiger partial charge in [0.15, 0.2) is 6.29 Å². The summed E-state index contributed by atoms with van der Waals surface area (Å²) in [7, 11) is 1.71. The van der Waals surface area contributed by atoms with E-state index in [1.54, 1.807) is 7.11 Å². The summed E-state index contributed by atoms with van der Waals surface area (Å²) in [6, 6.07) is 0. The van der Waals surface area contributed by atoms with E-state index in [9.17, 15) is 0 Å². The number of methoxy groups -OCH3 is 1. The van der Waals surface area contributed by atoms with Crippen LogP contribution in [0.2, 0.25) is 0 Å².